The Balaban J connectivity index is 0. The average molecular weight is 361 g/mol. The molecule has 7 heteroatoms. The fraction of sp³-hybridized carbons (Fsp3) is 0.737. The van der Waals surface area contributed by atoms with E-state index in [9.17, 15) is 14.7 Å². The first-order valence-electron chi connectivity index (χ1n) is 8.76. The number of rotatable bonds is 2. The van der Waals surface area contributed by atoms with Crippen molar-refractivity contribution in [2.75, 3.05) is 19.7 Å². The molecule has 0 aliphatic carbocycles. The number of carbonyl (C=O) groups is 2. The summed E-state index contributed by atoms with van der Waals surface area (Å²) >= 11 is 0. The molecule has 1 aliphatic heterocycles. The monoisotopic (exact) mass is 361 g/mol. The molecule has 0 aromatic carbocycles. The molecule has 0 aromatic heterocycles. The van der Waals surface area contributed by atoms with Gasteiger partial charge in [-0.3, -0.25) is 0 Å². The number of ether oxygens (including phenoxy) is 2. The molecule has 1 rings (SSSR count). The van der Waals surface area contributed by atoms with Gasteiger partial charge in [0.05, 0.1) is 6.61 Å². The van der Waals surface area contributed by atoms with Crippen molar-refractivity contribution < 1.29 is 43.0 Å². The number of likely N-dealkylation sites (tertiary alicyclic amines) is 1. The van der Waals surface area contributed by atoms with Crippen LogP contribution in [-0.2, 0) is 14.3 Å². The second-order valence-electron chi connectivity index (χ2n) is 6.82. The maximum atomic E-state index is 11.9. The zero-order valence-electron chi connectivity index (χ0n) is 17.2. The first-order valence-corrected chi connectivity index (χ1v) is 8.76. The fourth-order valence-corrected chi connectivity index (χ4v) is 1.85. The van der Waals surface area contributed by atoms with Crippen LogP contribution in [0.25, 0.3) is 0 Å². The Morgan fingerprint density at radius 3 is 2.12 bits per heavy atom. The van der Waals surface area contributed by atoms with Crippen LogP contribution in [0.15, 0.2) is 0 Å². The second-order valence-corrected chi connectivity index (χ2v) is 6.82. The molecule has 0 atom stereocenters. The molecule has 1 fully saturated rings. The van der Waals surface area contributed by atoms with Crippen molar-refractivity contribution in [1.82, 2.24) is 4.90 Å². The van der Waals surface area contributed by atoms with Gasteiger partial charge in [0, 0.05) is 31.9 Å². The van der Waals surface area contributed by atoms with Crippen LogP contribution >= 0.6 is 0 Å². The van der Waals surface area contributed by atoms with Crippen LogP contribution in [0.4, 0.5) is 4.79 Å². The molecule has 1 N–H and O–H groups in total. The van der Waals surface area contributed by atoms with Crippen LogP contribution in [0, 0.1) is 18.8 Å². The number of hydrogen-bond donors (Lipinski definition) is 1. The van der Waals surface area contributed by atoms with Gasteiger partial charge in [0.1, 0.15) is 11.2 Å². The van der Waals surface area contributed by atoms with Gasteiger partial charge in [-0.05, 0) is 27.7 Å². The predicted molar refractivity (Wildman–Crippen MR) is 96.7 cm³/mol. The third-order valence-corrected chi connectivity index (χ3v) is 3.27. The topological polar surface area (TPSA) is 76.1 Å². The SMILES string of the molecule is CCOC(=O)C#CC1(O)CCN(C(=O)OC(C)(C)C)CC1.[CH2-]CCC.[Li+]. The van der Waals surface area contributed by atoms with Gasteiger partial charge in [-0.15, -0.1) is 0 Å². The fourth-order valence-electron chi connectivity index (χ4n) is 1.85. The summed E-state index contributed by atoms with van der Waals surface area (Å²) < 4.78 is 9.95. The molecule has 1 aliphatic rings. The average Bonchev–Trinajstić information content (AvgIpc) is 2.52. The summed E-state index contributed by atoms with van der Waals surface area (Å²) in [5.41, 5.74) is -1.81. The van der Waals surface area contributed by atoms with Crippen LogP contribution in [0.3, 0.4) is 0 Å². The molecule has 26 heavy (non-hydrogen) atoms. The number of piperidine rings is 1. The Kier molecular flexibility index (Phi) is 13.6. The third kappa shape index (κ3) is 12.2. The molecule has 1 amide bonds. The Labute approximate surface area is 170 Å². The van der Waals surface area contributed by atoms with Gasteiger partial charge in [0.2, 0.25) is 0 Å². The van der Waals surface area contributed by atoms with Crippen LogP contribution in [0.5, 0.6) is 0 Å². The Hall–Kier alpha value is -1.14. The van der Waals surface area contributed by atoms with E-state index >= 15 is 0 Å². The Morgan fingerprint density at radius 2 is 1.73 bits per heavy atom. The number of amides is 1. The molecule has 0 radical (unpaired) electrons. The molecule has 0 bridgehead atoms. The van der Waals surface area contributed by atoms with Gasteiger partial charge < -0.3 is 26.4 Å². The van der Waals surface area contributed by atoms with Crippen molar-refractivity contribution in [2.45, 2.75) is 71.5 Å². The van der Waals surface area contributed by atoms with Crippen molar-refractivity contribution in [1.29, 1.82) is 0 Å². The summed E-state index contributed by atoms with van der Waals surface area (Å²) in [5.74, 6) is 4.17. The van der Waals surface area contributed by atoms with Gasteiger partial charge in [0.25, 0.3) is 0 Å². The maximum Gasteiger partial charge on any atom is 1.00 e. The van der Waals surface area contributed by atoms with Gasteiger partial charge in [-0.25, -0.2) is 9.59 Å². The van der Waals surface area contributed by atoms with E-state index in [1.54, 1.807) is 27.7 Å². The van der Waals surface area contributed by atoms with E-state index < -0.39 is 23.3 Å². The molecule has 0 spiro atoms. The first-order chi connectivity index (χ1) is 11.6. The number of esters is 1. The van der Waals surface area contributed by atoms with Crippen molar-refractivity contribution in [3.8, 4) is 11.8 Å². The van der Waals surface area contributed by atoms with Gasteiger partial charge >= 0.3 is 30.9 Å². The number of carbonyl (C=O) groups excluding carboxylic acids is 2. The van der Waals surface area contributed by atoms with Crippen LogP contribution < -0.4 is 18.9 Å². The zero-order valence-corrected chi connectivity index (χ0v) is 17.2. The maximum absolute atomic E-state index is 11.9. The van der Waals surface area contributed by atoms with Crippen LogP contribution in [0.1, 0.15) is 60.3 Å². The van der Waals surface area contributed by atoms with Crippen molar-refractivity contribution in [3.05, 3.63) is 6.92 Å². The normalized spacial score (nSPS) is 15.3. The summed E-state index contributed by atoms with van der Waals surface area (Å²) in [5, 5.41) is 10.3. The molecule has 0 saturated carbocycles. The molecule has 1 saturated heterocycles. The van der Waals surface area contributed by atoms with Gasteiger partial charge in [-0.1, -0.05) is 19.3 Å². The quantitative estimate of drug-likeness (QED) is 0.245. The number of unbranched alkanes of at least 4 members (excludes halogenated alkanes) is 1. The first kappa shape index (κ1) is 27.1. The molecule has 1 heterocycles. The van der Waals surface area contributed by atoms with E-state index in [1.165, 1.54) is 11.3 Å². The number of hydrogen-bond acceptors (Lipinski definition) is 5. The molecular weight excluding hydrogens is 329 g/mol. The van der Waals surface area contributed by atoms with E-state index in [0.29, 0.717) is 13.1 Å². The summed E-state index contributed by atoms with van der Waals surface area (Å²) in [4.78, 5) is 24.6. The van der Waals surface area contributed by atoms with Gasteiger partial charge in [-0.2, -0.15) is 6.42 Å². The van der Waals surface area contributed by atoms with Crippen molar-refractivity contribution >= 4 is 12.1 Å². The van der Waals surface area contributed by atoms with Crippen molar-refractivity contribution in [3.63, 3.8) is 0 Å². The number of nitrogens with zero attached hydrogens (tertiary/aromatic N) is 1. The standard InChI is InChI=1S/C15H23NO5.C4H9.Li/c1-5-20-12(17)6-7-15(19)8-10-16(11-9-15)13(18)21-14(2,3)4;1-3-4-2;/h19H,5,8-11H2,1-4H3;1,3-4H2,2H3;/q;-1;+1. The molecule has 0 aromatic rings. The minimum absolute atomic E-state index is 0. The summed E-state index contributed by atoms with van der Waals surface area (Å²) in [6.45, 7) is 13.7. The van der Waals surface area contributed by atoms with E-state index in [2.05, 4.69) is 30.4 Å². The summed E-state index contributed by atoms with van der Waals surface area (Å²) in [6.07, 6.45) is 2.43. The Bertz CT molecular complexity index is 480. The van der Waals surface area contributed by atoms with E-state index in [1.807, 2.05) is 0 Å². The smallest absolute Gasteiger partial charge is 0.456 e. The van der Waals surface area contributed by atoms with E-state index in [-0.39, 0.29) is 38.3 Å². The molecular formula is C19H32LiNO5. The predicted octanol–water partition coefficient (Wildman–Crippen LogP) is -0.0605. The van der Waals surface area contributed by atoms with Crippen molar-refractivity contribution in [2.24, 2.45) is 0 Å². The largest absolute Gasteiger partial charge is 1.00 e. The van der Waals surface area contributed by atoms with E-state index in [4.69, 9.17) is 4.74 Å². The summed E-state index contributed by atoms with van der Waals surface area (Å²) in [6, 6.07) is 0. The molecule has 6 nitrogen and oxygen atoms in total. The number of aliphatic hydroxyl groups is 1. The minimum Gasteiger partial charge on any atom is -0.456 e. The Morgan fingerprint density at radius 1 is 1.23 bits per heavy atom. The summed E-state index contributed by atoms with van der Waals surface area (Å²) in [7, 11) is 0. The third-order valence-electron chi connectivity index (χ3n) is 3.27. The van der Waals surface area contributed by atoms with Gasteiger partial charge in [0.15, 0.2) is 0 Å². The second kappa shape index (κ2) is 13.1. The van der Waals surface area contributed by atoms with Crippen LogP contribution in [-0.4, -0.2) is 53.0 Å². The van der Waals surface area contributed by atoms with Crippen LogP contribution in [0.2, 0.25) is 0 Å². The molecule has 0 unspecified atom stereocenters. The minimum atomic E-state index is -1.26. The van der Waals surface area contributed by atoms with E-state index in [0.717, 1.165) is 6.42 Å². The zero-order chi connectivity index (χ0) is 19.5. The molecule has 144 valence electrons.